The number of halogens is 4. The summed E-state index contributed by atoms with van der Waals surface area (Å²) >= 11 is 11.9. The van der Waals surface area contributed by atoms with Crippen molar-refractivity contribution in [1.82, 2.24) is 10.6 Å². The smallest absolute Gasteiger partial charge is 0.254 e. The molecule has 25 heavy (non-hydrogen) atoms. The van der Waals surface area contributed by atoms with Gasteiger partial charge in [-0.05, 0) is 36.8 Å². The van der Waals surface area contributed by atoms with Gasteiger partial charge in [0, 0.05) is 16.1 Å². The first kappa shape index (κ1) is 19.1. The Balaban J connectivity index is 1.92. The molecule has 0 aliphatic carbocycles. The predicted octanol–water partition coefficient (Wildman–Crippen LogP) is 3.88. The first-order valence-electron chi connectivity index (χ1n) is 7.25. The van der Waals surface area contributed by atoms with Gasteiger partial charge in [-0.15, -0.1) is 0 Å². The Kier molecular flexibility index (Phi) is 6.33. The number of benzene rings is 2. The summed E-state index contributed by atoms with van der Waals surface area (Å²) < 4.78 is 26.3. The second-order valence-corrected chi connectivity index (χ2v) is 6.11. The molecule has 2 aromatic carbocycles. The average Bonchev–Trinajstić information content (AvgIpc) is 2.52. The molecule has 0 radical (unpaired) electrons. The van der Waals surface area contributed by atoms with Gasteiger partial charge in [0.2, 0.25) is 5.91 Å². The van der Waals surface area contributed by atoms with Crippen LogP contribution in [0.2, 0.25) is 10.0 Å². The Bertz CT molecular complexity index is 815. The van der Waals surface area contributed by atoms with Crippen molar-refractivity contribution < 1.29 is 18.4 Å². The van der Waals surface area contributed by atoms with Crippen LogP contribution < -0.4 is 10.6 Å². The van der Waals surface area contributed by atoms with E-state index in [0.29, 0.717) is 21.7 Å². The second-order valence-electron chi connectivity index (χ2n) is 5.26. The molecule has 8 heteroatoms. The number of hydrogen-bond acceptors (Lipinski definition) is 2. The molecule has 0 aliphatic rings. The highest BCUT2D eigenvalue weighted by molar-refractivity contribution is 6.35. The molecule has 0 unspecified atom stereocenters. The fourth-order valence-electron chi connectivity index (χ4n) is 2.15. The summed E-state index contributed by atoms with van der Waals surface area (Å²) in [4.78, 5) is 23.8. The topological polar surface area (TPSA) is 58.2 Å². The maximum atomic E-state index is 13.5. The van der Waals surface area contributed by atoms with Gasteiger partial charge in [0.1, 0.15) is 11.6 Å². The molecule has 0 spiro atoms. The zero-order chi connectivity index (χ0) is 18.6. The van der Waals surface area contributed by atoms with Crippen LogP contribution in [0.25, 0.3) is 0 Å². The summed E-state index contributed by atoms with van der Waals surface area (Å²) in [5, 5.41) is 5.80. The van der Waals surface area contributed by atoms with E-state index in [1.165, 1.54) is 0 Å². The van der Waals surface area contributed by atoms with Crippen LogP contribution >= 0.6 is 23.2 Å². The molecule has 4 nitrogen and oxygen atoms in total. The molecule has 0 saturated heterocycles. The summed E-state index contributed by atoms with van der Waals surface area (Å²) in [6.45, 7) is 1.35. The molecule has 1 atom stereocenters. The van der Waals surface area contributed by atoms with Gasteiger partial charge in [-0.3, -0.25) is 9.59 Å². The minimum Gasteiger partial charge on any atom is -0.348 e. The normalized spacial score (nSPS) is 11.7. The maximum Gasteiger partial charge on any atom is 0.254 e. The van der Waals surface area contributed by atoms with E-state index >= 15 is 0 Å². The van der Waals surface area contributed by atoms with Crippen LogP contribution in [0, 0.1) is 11.6 Å². The molecule has 0 aliphatic heterocycles. The SMILES string of the molecule is C[C@H](NC(=O)CNC(=O)c1ccc(F)cc1F)c1ccc(Cl)cc1Cl. The third-order valence-electron chi connectivity index (χ3n) is 3.39. The lowest BCUT2D eigenvalue weighted by molar-refractivity contribution is -0.120. The van der Waals surface area contributed by atoms with Gasteiger partial charge < -0.3 is 10.6 Å². The second kappa shape index (κ2) is 8.27. The molecule has 0 aromatic heterocycles. The van der Waals surface area contributed by atoms with Crippen molar-refractivity contribution in [3.05, 3.63) is 69.2 Å². The third-order valence-corrected chi connectivity index (χ3v) is 3.95. The van der Waals surface area contributed by atoms with E-state index in [2.05, 4.69) is 10.6 Å². The molecule has 2 N–H and O–H groups in total. The Morgan fingerprint density at radius 2 is 1.84 bits per heavy atom. The van der Waals surface area contributed by atoms with E-state index in [-0.39, 0.29) is 12.1 Å². The monoisotopic (exact) mass is 386 g/mol. The summed E-state index contributed by atoms with van der Waals surface area (Å²) in [6.07, 6.45) is 0. The Hall–Kier alpha value is -2.18. The van der Waals surface area contributed by atoms with Crippen LogP contribution in [-0.2, 0) is 4.79 Å². The van der Waals surface area contributed by atoms with Crippen LogP contribution in [0.15, 0.2) is 36.4 Å². The summed E-state index contributed by atoms with van der Waals surface area (Å²) in [6, 6.07) is 7.03. The maximum absolute atomic E-state index is 13.5. The number of amides is 2. The summed E-state index contributed by atoms with van der Waals surface area (Å²) in [5.74, 6) is -3.10. The number of rotatable bonds is 5. The molecule has 132 valence electrons. The van der Waals surface area contributed by atoms with Gasteiger partial charge in [-0.2, -0.15) is 0 Å². The first-order valence-corrected chi connectivity index (χ1v) is 8.01. The van der Waals surface area contributed by atoms with Gasteiger partial charge in [-0.1, -0.05) is 29.3 Å². The van der Waals surface area contributed by atoms with Crippen molar-refractivity contribution in [1.29, 1.82) is 0 Å². The van der Waals surface area contributed by atoms with Crippen molar-refractivity contribution in [3.8, 4) is 0 Å². The zero-order valence-electron chi connectivity index (χ0n) is 13.1. The summed E-state index contributed by atoms with van der Waals surface area (Å²) in [7, 11) is 0. The number of nitrogens with one attached hydrogen (secondary N) is 2. The van der Waals surface area contributed by atoms with Crippen molar-refractivity contribution in [2.45, 2.75) is 13.0 Å². The highest BCUT2D eigenvalue weighted by atomic mass is 35.5. The van der Waals surface area contributed by atoms with E-state index in [9.17, 15) is 18.4 Å². The van der Waals surface area contributed by atoms with Crippen molar-refractivity contribution >= 4 is 35.0 Å². The van der Waals surface area contributed by atoms with E-state index in [4.69, 9.17) is 23.2 Å². The average molecular weight is 387 g/mol. The van der Waals surface area contributed by atoms with Crippen molar-refractivity contribution in [2.75, 3.05) is 6.54 Å². The number of carbonyl (C=O) groups excluding carboxylic acids is 2. The van der Waals surface area contributed by atoms with Crippen molar-refractivity contribution in [3.63, 3.8) is 0 Å². The Morgan fingerprint density at radius 1 is 1.12 bits per heavy atom. The Labute approximate surface area is 153 Å². The van der Waals surface area contributed by atoms with E-state index in [0.717, 1.165) is 12.1 Å². The van der Waals surface area contributed by atoms with Gasteiger partial charge in [0.25, 0.3) is 5.91 Å². The summed E-state index contributed by atoms with van der Waals surface area (Å²) in [5.41, 5.74) is 0.318. The molecule has 2 rings (SSSR count). The third kappa shape index (κ3) is 5.14. The molecule has 0 saturated carbocycles. The van der Waals surface area contributed by atoms with Crippen LogP contribution in [0.4, 0.5) is 8.78 Å². The number of hydrogen-bond donors (Lipinski definition) is 2. The highest BCUT2D eigenvalue weighted by Crippen LogP contribution is 2.25. The van der Waals surface area contributed by atoms with E-state index < -0.39 is 29.5 Å². The fourth-order valence-corrected chi connectivity index (χ4v) is 2.72. The lowest BCUT2D eigenvalue weighted by Crippen LogP contribution is -2.38. The van der Waals surface area contributed by atoms with Gasteiger partial charge in [-0.25, -0.2) is 8.78 Å². The lowest BCUT2D eigenvalue weighted by atomic mass is 10.1. The number of carbonyl (C=O) groups is 2. The Morgan fingerprint density at radius 3 is 2.48 bits per heavy atom. The van der Waals surface area contributed by atoms with E-state index in [1.54, 1.807) is 25.1 Å². The van der Waals surface area contributed by atoms with Crippen molar-refractivity contribution in [2.24, 2.45) is 0 Å². The standard InChI is InChI=1S/C17H14Cl2F2N2O2/c1-9(12-4-2-10(18)6-14(12)19)23-16(24)8-22-17(25)13-5-3-11(20)7-15(13)21/h2-7,9H,8H2,1H3,(H,22,25)(H,23,24)/t9-/m0/s1. The minimum atomic E-state index is -1.00. The molecular weight excluding hydrogens is 373 g/mol. The van der Waals surface area contributed by atoms with Gasteiger partial charge >= 0.3 is 0 Å². The molecule has 2 aromatic rings. The zero-order valence-corrected chi connectivity index (χ0v) is 14.6. The fraction of sp³-hybridized carbons (Fsp3) is 0.176. The predicted molar refractivity (Wildman–Crippen MR) is 91.7 cm³/mol. The van der Waals surface area contributed by atoms with Gasteiger partial charge in [0.15, 0.2) is 0 Å². The molecular formula is C17H14Cl2F2N2O2. The van der Waals surface area contributed by atoms with Crippen LogP contribution in [0.3, 0.4) is 0 Å². The first-order chi connectivity index (χ1) is 11.8. The highest BCUT2D eigenvalue weighted by Gasteiger charge is 2.16. The molecule has 0 heterocycles. The molecule has 0 bridgehead atoms. The molecule has 2 amide bonds. The van der Waals surface area contributed by atoms with Gasteiger partial charge in [0.05, 0.1) is 18.2 Å². The molecule has 0 fully saturated rings. The van der Waals surface area contributed by atoms with E-state index in [1.807, 2.05) is 0 Å². The van der Waals surface area contributed by atoms with Crippen LogP contribution in [0.1, 0.15) is 28.9 Å². The lowest BCUT2D eigenvalue weighted by Gasteiger charge is -2.16. The van der Waals surface area contributed by atoms with Crippen LogP contribution in [-0.4, -0.2) is 18.4 Å². The largest absolute Gasteiger partial charge is 0.348 e. The minimum absolute atomic E-state index is 0.344. The quantitative estimate of drug-likeness (QED) is 0.818. The van der Waals surface area contributed by atoms with Crippen LogP contribution in [0.5, 0.6) is 0 Å².